The van der Waals surface area contributed by atoms with Crippen molar-refractivity contribution in [2.45, 2.75) is 0 Å². The molecule has 0 fully saturated rings. The number of fused-ring (bicyclic) bond motifs is 2. The Morgan fingerprint density at radius 1 is 0.714 bits per heavy atom. The lowest BCUT2D eigenvalue weighted by Crippen LogP contribution is -2.06. The second-order valence-electron chi connectivity index (χ2n) is 8.50. The van der Waals surface area contributed by atoms with E-state index in [-0.39, 0.29) is 17.4 Å². The number of nitrogens with two attached hydrogens (primary N) is 1. The van der Waals surface area contributed by atoms with Gasteiger partial charge in [-0.3, -0.25) is 9.59 Å². The van der Waals surface area contributed by atoms with E-state index in [0.29, 0.717) is 27.9 Å². The Labute approximate surface area is 201 Å². The molecule has 4 aromatic carbocycles. The molecule has 0 bridgehead atoms. The number of hydrogen-bond donors (Lipinski definition) is 3. The Balaban J connectivity index is 1.60. The van der Waals surface area contributed by atoms with E-state index >= 15 is 0 Å². The second-order valence-corrected chi connectivity index (χ2v) is 8.50. The summed E-state index contributed by atoms with van der Waals surface area (Å²) in [6, 6.07) is 30.5. The third kappa shape index (κ3) is 3.42. The van der Waals surface area contributed by atoms with E-state index in [2.05, 4.69) is 9.97 Å². The molecule has 4 N–H and O–H groups in total. The molecule has 5 heteroatoms. The summed E-state index contributed by atoms with van der Waals surface area (Å²) >= 11 is 0. The molecule has 0 unspecified atom stereocenters. The Hall–Kier alpha value is -4.90. The van der Waals surface area contributed by atoms with E-state index in [0.717, 1.165) is 27.2 Å². The van der Waals surface area contributed by atoms with Crippen LogP contribution in [-0.4, -0.2) is 21.5 Å². The van der Waals surface area contributed by atoms with E-state index in [4.69, 9.17) is 5.73 Å². The lowest BCUT2D eigenvalue weighted by Gasteiger charge is -2.09. The minimum absolute atomic E-state index is 0.169. The molecule has 6 aromatic rings. The molecule has 0 aliphatic carbocycles. The molecule has 2 heterocycles. The van der Waals surface area contributed by atoms with Crippen molar-refractivity contribution in [1.29, 1.82) is 0 Å². The van der Waals surface area contributed by atoms with Crippen LogP contribution >= 0.6 is 0 Å². The van der Waals surface area contributed by atoms with Crippen LogP contribution in [-0.2, 0) is 0 Å². The fourth-order valence-corrected chi connectivity index (χ4v) is 4.69. The van der Waals surface area contributed by atoms with Crippen LogP contribution < -0.4 is 5.73 Å². The highest BCUT2D eigenvalue weighted by molar-refractivity contribution is 6.24. The Morgan fingerprint density at radius 3 is 2.26 bits per heavy atom. The molecule has 0 amide bonds. The minimum atomic E-state index is -0.244. The number of H-pyrrole nitrogens is 2. The van der Waals surface area contributed by atoms with Crippen LogP contribution in [0.5, 0.6) is 0 Å². The first kappa shape index (κ1) is 20.7. The number of aromatic nitrogens is 2. The number of anilines is 1. The van der Waals surface area contributed by atoms with Crippen molar-refractivity contribution in [3.8, 4) is 11.1 Å². The highest BCUT2D eigenvalue weighted by atomic mass is 16.1. The molecule has 35 heavy (non-hydrogen) atoms. The van der Waals surface area contributed by atoms with Gasteiger partial charge in [-0.05, 0) is 28.5 Å². The van der Waals surface area contributed by atoms with Crippen LogP contribution in [0.25, 0.3) is 32.8 Å². The molecular weight excluding hydrogens is 434 g/mol. The molecule has 0 radical (unpaired) electrons. The van der Waals surface area contributed by atoms with Gasteiger partial charge in [0.15, 0.2) is 5.78 Å². The summed E-state index contributed by atoms with van der Waals surface area (Å²) in [4.78, 5) is 33.7. The zero-order valence-electron chi connectivity index (χ0n) is 18.7. The van der Waals surface area contributed by atoms with Gasteiger partial charge in [-0.1, -0.05) is 84.9 Å². The quantitative estimate of drug-likeness (QED) is 0.264. The number of ketones is 2. The van der Waals surface area contributed by atoms with Crippen molar-refractivity contribution in [3.05, 3.63) is 126 Å². The standard InChI is InChI=1S/C30H21N3O2/c31-30-26(29(35)23-17-32-24-13-7-6-12-22(23)24)25(21-15-14-18-8-4-5-11-20(18)16-21)27(33-30)28(34)19-9-2-1-3-10-19/h1-17,32-33H,31H2. The van der Waals surface area contributed by atoms with Gasteiger partial charge in [0.25, 0.3) is 0 Å². The Bertz CT molecular complexity index is 1740. The summed E-state index contributed by atoms with van der Waals surface area (Å²) in [6.07, 6.45) is 1.70. The minimum Gasteiger partial charge on any atom is -0.385 e. The average Bonchev–Trinajstić information content (AvgIpc) is 3.49. The fraction of sp³-hybridized carbons (Fsp3) is 0. The van der Waals surface area contributed by atoms with Gasteiger partial charge in [0.2, 0.25) is 5.78 Å². The van der Waals surface area contributed by atoms with E-state index in [9.17, 15) is 9.59 Å². The third-order valence-electron chi connectivity index (χ3n) is 6.39. The summed E-state index contributed by atoms with van der Waals surface area (Å²) in [5.74, 6) is -0.298. The van der Waals surface area contributed by atoms with Gasteiger partial charge >= 0.3 is 0 Å². The van der Waals surface area contributed by atoms with Gasteiger partial charge in [0.05, 0.1) is 11.3 Å². The van der Waals surface area contributed by atoms with Gasteiger partial charge in [-0.15, -0.1) is 0 Å². The molecule has 0 saturated carbocycles. The summed E-state index contributed by atoms with van der Waals surface area (Å²) in [5.41, 5.74) is 10.2. The number of nitrogen functional groups attached to an aromatic ring is 1. The summed E-state index contributed by atoms with van der Waals surface area (Å²) in [6.45, 7) is 0. The van der Waals surface area contributed by atoms with E-state index in [1.807, 2.05) is 84.9 Å². The molecular formula is C30H21N3O2. The van der Waals surface area contributed by atoms with Crippen molar-refractivity contribution < 1.29 is 9.59 Å². The van der Waals surface area contributed by atoms with Crippen LogP contribution in [0.1, 0.15) is 32.0 Å². The summed E-state index contributed by atoms with van der Waals surface area (Å²) in [5, 5.41) is 2.88. The smallest absolute Gasteiger partial charge is 0.209 e. The molecule has 6 rings (SSSR count). The highest BCUT2D eigenvalue weighted by Gasteiger charge is 2.29. The lowest BCUT2D eigenvalue weighted by atomic mass is 9.92. The van der Waals surface area contributed by atoms with Crippen molar-refractivity contribution >= 4 is 39.1 Å². The lowest BCUT2D eigenvalue weighted by molar-refractivity contribution is 0.103. The van der Waals surface area contributed by atoms with Crippen LogP contribution in [0.15, 0.2) is 103 Å². The number of carbonyl (C=O) groups excluding carboxylic acids is 2. The first-order valence-corrected chi connectivity index (χ1v) is 11.3. The van der Waals surface area contributed by atoms with Crippen molar-refractivity contribution in [2.24, 2.45) is 0 Å². The number of rotatable bonds is 5. The van der Waals surface area contributed by atoms with E-state index < -0.39 is 0 Å². The van der Waals surface area contributed by atoms with Crippen LogP contribution in [0, 0.1) is 0 Å². The maximum absolute atomic E-state index is 13.9. The van der Waals surface area contributed by atoms with E-state index in [1.165, 1.54) is 0 Å². The molecule has 168 valence electrons. The van der Waals surface area contributed by atoms with Gasteiger partial charge in [0, 0.05) is 33.8 Å². The highest BCUT2D eigenvalue weighted by Crippen LogP contribution is 2.37. The topological polar surface area (TPSA) is 91.7 Å². The average molecular weight is 456 g/mol. The number of carbonyl (C=O) groups is 2. The molecule has 0 atom stereocenters. The largest absolute Gasteiger partial charge is 0.385 e. The molecule has 0 spiro atoms. The van der Waals surface area contributed by atoms with Crippen LogP contribution in [0.4, 0.5) is 5.82 Å². The van der Waals surface area contributed by atoms with Crippen LogP contribution in [0.2, 0.25) is 0 Å². The van der Waals surface area contributed by atoms with Gasteiger partial charge < -0.3 is 15.7 Å². The molecule has 5 nitrogen and oxygen atoms in total. The summed E-state index contributed by atoms with van der Waals surface area (Å²) in [7, 11) is 0. The van der Waals surface area contributed by atoms with Crippen LogP contribution in [0.3, 0.4) is 0 Å². The summed E-state index contributed by atoms with van der Waals surface area (Å²) < 4.78 is 0. The number of benzene rings is 4. The molecule has 0 aliphatic heterocycles. The second kappa shape index (κ2) is 8.15. The molecule has 0 aliphatic rings. The van der Waals surface area contributed by atoms with Gasteiger partial charge in [-0.25, -0.2) is 0 Å². The monoisotopic (exact) mass is 455 g/mol. The van der Waals surface area contributed by atoms with Crippen molar-refractivity contribution in [2.75, 3.05) is 5.73 Å². The number of aromatic amines is 2. The SMILES string of the molecule is Nc1[nH]c(C(=O)c2ccccc2)c(-c2ccc3ccccc3c2)c1C(=O)c1c[nH]c2ccccc12. The van der Waals surface area contributed by atoms with Crippen molar-refractivity contribution in [3.63, 3.8) is 0 Å². The predicted octanol–water partition coefficient (Wildman–Crippen LogP) is 6.36. The maximum Gasteiger partial charge on any atom is 0.209 e. The number of para-hydroxylation sites is 1. The van der Waals surface area contributed by atoms with E-state index in [1.54, 1.807) is 18.3 Å². The maximum atomic E-state index is 13.9. The number of nitrogens with one attached hydrogen (secondary N) is 2. The normalized spacial score (nSPS) is 11.2. The first-order chi connectivity index (χ1) is 17.1. The Morgan fingerprint density at radius 2 is 1.43 bits per heavy atom. The third-order valence-corrected chi connectivity index (χ3v) is 6.39. The zero-order chi connectivity index (χ0) is 23.9. The molecule has 2 aromatic heterocycles. The number of hydrogen-bond acceptors (Lipinski definition) is 3. The fourth-order valence-electron chi connectivity index (χ4n) is 4.69. The first-order valence-electron chi connectivity index (χ1n) is 11.3. The molecule has 0 saturated heterocycles. The zero-order valence-corrected chi connectivity index (χ0v) is 18.7. The van der Waals surface area contributed by atoms with Crippen molar-refractivity contribution in [1.82, 2.24) is 9.97 Å². The van der Waals surface area contributed by atoms with Gasteiger partial charge in [-0.2, -0.15) is 0 Å². The Kier molecular flexibility index (Phi) is 4.82. The van der Waals surface area contributed by atoms with Gasteiger partial charge in [0.1, 0.15) is 5.82 Å². The predicted molar refractivity (Wildman–Crippen MR) is 140 cm³/mol.